The summed E-state index contributed by atoms with van der Waals surface area (Å²) in [5, 5.41) is 4.20. The lowest BCUT2D eigenvalue weighted by Crippen LogP contribution is -2.48. The molecule has 0 aliphatic carbocycles. The summed E-state index contributed by atoms with van der Waals surface area (Å²) in [6.07, 6.45) is 3.90. The zero-order valence-corrected chi connectivity index (χ0v) is 16.8. The molecule has 0 unspecified atom stereocenters. The average molecular weight is 377 g/mol. The lowest BCUT2D eigenvalue weighted by Gasteiger charge is -2.35. The molecule has 150 valence electrons. The van der Waals surface area contributed by atoms with Crippen LogP contribution in [0, 0.1) is 5.92 Å². The van der Waals surface area contributed by atoms with Gasteiger partial charge in [0.2, 0.25) is 0 Å². The van der Waals surface area contributed by atoms with Gasteiger partial charge in [0.15, 0.2) is 0 Å². The number of benzene rings is 1. The highest BCUT2D eigenvalue weighted by atomic mass is 16.7. The molecule has 6 nitrogen and oxygen atoms in total. The molecule has 0 amide bonds. The molecular weight excluding hydrogens is 346 g/mol. The average Bonchev–Trinajstić information content (AvgIpc) is 2.71. The Morgan fingerprint density at radius 1 is 1.22 bits per heavy atom. The summed E-state index contributed by atoms with van der Waals surface area (Å²) in [6, 6.07) is 8.39. The molecule has 2 rings (SSSR count). The first kappa shape index (κ1) is 21.4. The zero-order valence-electron chi connectivity index (χ0n) is 16.8. The third-order valence-corrected chi connectivity index (χ3v) is 4.82. The number of carbonyl (C=O) groups is 1. The fraction of sp³-hybridized carbons (Fsp3) is 0.619. The number of rotatable bonds is 9. The summed E-state index contributed by atoms with van der Waals surface area (Å²) >= 11 is 0. The summed E-state index contributed by atoms with van der Waals surface area (Å²) in [6.45, 7) is 7.27. The van der Waals surface area contributed by atoms with E-state index in [1.54, 1.807) is 6.92 Å². The van der Waals surface area contributed by atoms with Crippen molar-refractivity contribution in [3.05, 3.63) is 35.4 Å². The van der Waals surface area contributed by atoms with Gasteiger partial charge in [-0.15, -0.1) is 0 Å². The largest absolute Gasteiger partial charge is 0.465 e. The SMILES string of the molecule is CCc1ccc(C(C)=NOCCCCC2COC(C)(C(=O)OC)OC2)cc1. The van der Waals surface area contributed by atoms with Crippen LogP contribution in [0.1, 0.15) is 51.2 Å². The molecule has 1 aliphatic heterocycles. The van der Waals surface area contributed by atoms with Crippen molar-refractivity contribution in [3.63, 3.8) is 0 Å². The molecule has 0 N–H and O–H groups in total. The predicted octanol–water partition coefficient (Wildman–Crippen LogP) is 3.71. The summed E-state index contributed by atoms with van der Waals surface area (Å²) in [4.78, 5) is 17.1. The molecular formula is C21H31NO5. The van der Waals surface area contributed by atoms with Crippen LogP contribution >= 0.6 is 0 Å². The Morgan fingerprint density at radius 2 is 1.89 bits per heavy atom. The zero-order chi connectivity index (χ0) is 19.7. The molecule has 1 fully saturated rings. The molecule has 0 spiro atoms. The Balaban J connectivity index is 1.61. The van der Waals surface area contributed by atoms with Crippen molar-refractivity contribution >= 4 is 11.7 Å². The second-order valence-electron chi connectivity index (χ2n) is 6.98. The molecule has 1 heterocycles. The molecule has 27 heavy (non-hydrogen) atoms. The Morgan fingerprint density at radius 3 is 2.48 bits per heavy atom. The van der Waals surface area contributed by atoms with Crippen molar-refractivity contribution in [1.82, 2.24) is 0 Å². The minimum absolute atomic E-state index is 0.282. The quantitative estimate of drug-likeness (QED) is 0.284. The van der Waals surface area contributed by atoms with Gasteiger partial charge in [0.1, 0.15) is 6.61 Å². The number of esters is 1. The summed E-state index contributed by atoms with van der Waals surface area (Å²) in [5.74, 6) is -1.48. The first-order valence-corrected chi connectivity index (χ1v) is 9.60. The van der Waals surface area contributed by atoms with E-state index in [4.69, 9.17) is 19.0 Å². The van der Waals surface area contributed by atoms with Crippen molar-refractivity contribution in [1.29, 1.82) is 0 Å². The van der Waals surface area contributed by atoms with Crippen molar-refractivity contribution < 1.29 is 23.8 Å². The van der Waals surface area contributed by atoms with Gasteiger partial charge in [-0.05, 0) is 43.7 Å². The van der Waals surface area contributed by atoms with Crippen molar-refractivity contribution in [2.24, 2.45) is 11.1 Å². The van der Waals surface area contributed by atoms with Crippen LogP contribution in [0.2, 0.25) is 0 Å². The molecule has 0 aromatic heterocycles. The van der Waals surface area contributed by atoms with Gasteiger partial charge in [-0.2, -0.15) is 0 Å². The van der Waals surface area contributed by atoms with Crippen molar-refractivity contribution in [2.75, 3.05) is 26.9 Å². The molecule has 1 aromatic carbocycles. The van der Waals surface area contributed by atoms with E-state index in [0.29, 0.717) is 19.8 Å². The van der Waals surface area contributed by atoms with Crippen LogP contribution in [0.4, 0.5) is 0 Å². The fourth-order valence-electron chi connectivity index (χ4n) is 2.89. The van der Waals surface area contributed by atoms with Gasteiger partial charge in [-0.1, -0.05) is 36.3 Å². The van der Waals surface area contributed by atoms with E-state index in [-0.39, 0.29) is 5.92 Å². The highest BCUT2D eigenvalue weighted by Crippen LogP contribution is 2.25. The van der Waals surface area contributed by atoms with Gasteiger partial charge < -0.3 is 19.0 Å². The lowest BCUT2D eigenvalue weighted by molar-refractivity contribution is -0.272. The van der Waals surface area contributed by atoms with E-state index in [9.17, 15) is 4.79 Å². The Labute approximate surface area is 161 Å². The normalized spacial score (nSPS) is 23.1. The summed E-state index contributed by atoms with van der Waals surface area (Å²) in [5.41, 5.74) is 3.28. The van der Waals surface area contributed by atoms with Crippen LogP contribution in [-0.4, -0.2) is 44.4 Å². The molecule has 0 radical (unpaired) electrons. The molecule has 6 heteroatoms. The predicted molar refractivity (Wildman–Crippen MR) is 104 cm³/mol. The molecule has 1 aromatic rings. The van der Waals surface area contributed by atoms with Crippen LogP contribution in [-0.2, 0) is 30.3 Å². The van der Waals surface area contributed by atoms with E-state index in [0.717, 1.165) is 37.0 Å². The van der Waals surface area contributed by atoms with Gasteiger partial charge in [0, 0.05) is 12.8 Å². The fourth-order valence-corrected chi connectivity index (χ4v) is 2.89. The third-order valence-electron chi connectivity index (χ3n) is 4.82. The monoisotopic (exact) mass is 377 g/mol. The molecule has 0 atom stereocenters. The van der Waals surface area contributed by atoms with Crippen LogP contribution in [0.5, 0.6) is 0 Å². The van der Waals surface area contributed by atoms with Crippen molar-refractivity contribution in [3.8, 4) is 0 Å². The number of unbranched alkanes of at least 4 members (excludes halogenated alkanes) is 1. The molecule has 1 aliphatic rings. The highest BCUT2D eigenvalue weighted by molar-refractivity contribution is 5.98. The number of nitrogens with zero attached hydrogens (tertiary/aromatic N) is 1. The summed E-state index contributed by atoms with van der Waals surface area (Å²) in [7, 11) is 1.33. The van der Waals surface area contributed by atoms with E-state index in [1.807, 2.05) is 6.92 Å². The number of methoxy groups -OCH3 is 1. The second-order valence-corrected chi connectivity index (χ2v) is 6.98. The van der Waals surface area contributed by atoms with Crippen LogP contribution in [0.3, 0.4) is 0 Å². The van der Waals surface area contributed by atoms with Crippen molar-refractivity contribution in [2.45, 2.75) is 52.2 Å². The Bertz CT molecular complexity index is 618. The lowest BCUT2D eigenvalue weighted by atomic mass is 10.0. The van der Waals surface area contributed by atoms with Crippen LogP contribution < -0.4 is 0 Å². The minimum Gasteiger partial charge on any atom is -0.465 e. The number of hydrogen-bond donors (Lipinski definition) is 0. The van der Waals surface area contributed by atoms with Crippen LogP contribution in [0.15, 0.2) is 29.4 Å². The topological polar surface area (TPSA) is 66.4 Å². The smallest absolute Gasteiger partial charge is 0.366 e. The molecule has 1 saturated heterocycles. The number of aryl methyl sites for hydroxylation is 1. The number of oxime groups is 1. The van der Waals surface area contributed by atoms with E-state index < -0.39 is 11.8 Å². The minimum atomic E-state index is -1.27. The van der Waals surface area contributed by atoms with Gasteiger partial charge in [-0.3, -0.25) is 0 Å². The van der Waals surface area contributed by atoms with Gasteiger partial charge >= 0.3 is 5.97 Å². The Hall–Kier alpha value is -1.92. The maximum absolute atomic E-state index is 11.6. The van der Waals surface area contributed by atoms with E-state index in [2.05, 4.69) is 36.3 Å². The number of ether oxygens (including phenoxy) is 3. The van der Waals surface area contributed by atoms with Gasteiger partial charge in [-0.25, -0.2) is 4.79 Å². The van der Waals surface area contributed by atoms with E-state index in [1.165, 1.54) is 12.7 Å². The van der Waals surface area contributed by atoms with Gasteiger partial charge in [0.05, 0.1) is 26.0 Å². The maximum atomic E-state index is 11.6. The first-order chi connectivity index (χ1) is 13.0. The van der Waals surface area contributed by atoms with E-state index >= 15 is 0 Å². The first-order valence-electron chi connectivity index (χ1n) is 9.60. The molecule has 0 bridgehead atoms. The van der Waals surface area contributed by atoms with Gasteiger partial charge in [0.25, 0.3) is 5.79 Å². The number of carbonyl (C=O) groups excluding carboxylic acids is 1. The standard InChI is InChI=1S/C21H31NO5/c1-5-17-9-11-19(12-10-17)16(2)22-27-13-7-6-8-18-14-25-21(3,26-15-18)20(23)24-4/h9-12,18H,5-8,13-15H2,1-4H3. The second kappa shape index (κ2) is 10.4. The van der Waals surface area contributed by atoms with Crippen LogP contribution in [0.25, 0.3) is 0 Å². The molecule has 0 saturated carbocycles. The summed E-state index contributed by atoms with van der Waals surface area (Å²) < 4.78 is 15.8. The highest BCUT2D eigenvalue weighted by Gasteiger charge is 2.41. The number of hydrogen-bond acceptors (Lipinski definition) is 6. The maximum Gasteiger partial charge on any atom is 0.366 e. The third kappa shape index (κ3) is 6.33. The Kier molecular flexibility index (Phi) is 8.25.